The predicted octanol–water partition coefficient (Wildman–Crippen LogP) is 3.22. The molecule has 2 atom stereocenters. The standard InChI is InChI=1S/C22H19NO5/c24-14-9-7-13(8-10-14)19-18-20(25)16-5-1-2-6-17(16)28-21(18)22(26)23(19)12-15-4-3-11-27-15/h1-2,5-10,15,19,24H,3-4,11-12H2/t15-,19-/m1/s1. The lowest BCUT2D eigenvalue weighted by Gasteiger charge is -2.27. The van der Waals surface area contributed by atoms with Gasteiger partial charge in [-0.15, -0.1) is 0 Å². The maximum atomic E-state index is 13.3. The number of carbonyl (C=O) groups excluding carboxylic acids is 1. The van der Waals surface area contributed by atoms with Gasteiger partial charge in [-0.25, -0.2) is 0 Å². The molecule has 1 aromatic heterocycles. The maximum Gasteiger partial charge on any atom is 0.291 e. The Labute approximate surface area is 161 Å². The van der Waals surface area contributed by atoms with Crippen molar-refractivity contribution in [3.05, 3.63) is 75.6 Å². The van der Waals surface area contributed by atoms with Gasteiger partial charge in [0.05, 0.1) is 23.1 Å². The third-order valence-corrected chi connectivity index (χ3v) is 5.51. The summed E-state index contributed by atoms with van der Waals surface area (Å²) >= 11 is 0. The Hall–Kier alpha value is -3.12. The van der Waals surface area contributed by atoms with Crippen molar-refractivity contribution in [1.29, 1.82) is 0 Å². The third kappa shape index (κ3) is 2.60. The Morgan fingerprint density at radius 3 is 2.61 bits per heavy atom. The number of phenols is 1. The van der Waals surface area contributed by atoms with E-state index in [0.29, 0.717) is 29.7 Å². The van der Waals surface area contributed by atoms with Crippen LogP contribution in [0.4, 0.5) is 0 Å². The van der Waals surface area contributed by atoms with Crippen LogP contribution in [0, 0.1) is 0 Å². The summed E-state index contributed by atoms with van der Waals surface area (Å²) in [6.07, 6.45) is 1.79. The summed E-state index contributed by atoms with van der Waals surface area (Å²) in [5.41, 5.74) is 1.32. The van der Waals surface area contributed by atoms with Crippen molar-refractivity contribution in [3.8, 4) is 5.75 Å². The summed E-state index contributed by atoms with van der Waals surface area (Å²) in [5.74, 6) is -0.0734. The quantitative estimate of drug-likeness (QED) is 0.758. The molecule has 0 bridgehead atoms. The first kappa shape index (κ1) is 17.0. The van der Waals surface area contributed by atoms with Crippen LogP contribution in [0.15, 0.2) is 57.7 Å². The van der Waals surface area contributed by atoms with E-state index in [2.05, 4.69) is 0 Å². The number of rotatable bonds is 3. The molecule has 2 aliphatic heterocycles. The van der Waals surface area contributed by atoms with Crippen LogP contribution in [0.1, 0.15) is 40.6 Å². The van der Waals surface area contributed by atoms with Gasteiger partial charge >= 0.3 is 0 Å². The van der Waals surface area contributed by atoms with Crippen LogP contribution in [0.3, 0.4) is 0 Å². The summed E-state index contributed by atoms with van der Waals surface area (Å²) in [6.45, 7) is 1.08. The molecule has 0 saturated carbocycles. The second kappa shape index (κ2) is 6.49. The Morgan fingerprint density at radius 1 is 1.07 bits per heavy atom. The van der Waals surface area contributed by atoms with Crippen LogP contribution in [-0.4, -0.2) is 35.2 Å². The van der Waals surface area contributed by atoms with Crippen molar-refractivity contribution in [3.63, 3.8) is 0 Å². The van der Waals surface area contributed by atoms with Crippen molar-refractivity contribution < 1.29 is 19.1 Å². The van der Waals surface area contributed by atoms with Crippen LogP contribution in [0.2, 0.25) is 0 Å². The number of hydrogen-bond acceptors (Lipinski definition) is 5. The Morgan fingerprint density at radius 2 is 1.86 bits per heavy atom. The van der Waals surface area contributed by atoms with Gasteiger partial charge < -0.3 is 19.2 Å². The molecule has 0 spiro atoms. The minimum absolute atomic E-state index is 0.0533. The third-order valence-electron chi connectivity index (χ3n) is 5.51. The number of carbonyl (C=O) groups is 1. The lowest BCUT2D eigenvalue weighted by Crippen LogP contribution is -2.36. The first-order valence-electron chi connectivity index (χ1n) is 9.41. The van der Waals surface area contributed by atoms with Crippen LogP contribution < -0.4 is 5.43 Å². The number of benzene rings is 2. The van der Waals surface area contributed by atoms with E-state index in [0.717, 1.165) is 18.4 Å². The average molecular weight is 377 g/mol. The molecule has 3 heterocycles. The molecular weight excluding hydrogens is 358 g/mol. The average Bonchev–Trinajstić information content (AvgIpc) is 3.31. The molecule has 3 aromatic rings. The molecule has 6 nitrogen and oxygen atoms in total. The predicted molar refractivity (Wildman–Crippen MR) is 102 cm³/mol. The van der Waals surface area contributed by atoms with E-state index >= 15 is 0 Å². The second-order valence-electron chi connectivity index (χ2n) is 7.26. The highest BCUT2D eigenvalue weighted by Crippen LogP contribution is 2.39. The molecule has 1 amide bonds. The number of ether oxygens (including phenoxy) is 1. The Bertz CT molecular complexity index is 1110. The molecule has 1 N–H and O–H groups in total. The molecule has 0 aliphatic carbocycles. The topological polar surface area (TPSA) is 80.0 Å². The molecule has 6 heteroatoms. The highest BCUT2D eigenvalue weighted by molar-refractivity contribution is 5.99. The fourth-order valence-corrected chi connectivity index (χ4v) is 4.17. The fraction of sp³-hybridized carbons (Fsp3) is 0.273. The van der Waals surface area contributed by atoms with Gasteiger partial charge in [0.15, 0.2) is 5.43 Å². The summed E-state index contributed by atoms with van der Waals surface area (Å²) < 4.78 is 11.6. The van der Waals surface area contributed by atoms with Crippen LogP contribution in [-0.2, 0) is 4.74 Å². The number of phenolic OH excluding ortho intramolecular Hbond substituents is 1. The van der Waals surface area contributed by atoms with Gasteiger partial charge in [0.1, 0.15) is 11.3 Å². The van der Waals surface area contributed by atoms with Gasteiger partial charge in [-0.2, -0.15) is 0 Å². The van der Waals surface area contributed by atoms with Gasteiger partial charge in [0.25, 0.3) is 5.91 Å². The minimum atomic E-state index is -0.562. The Kier molecular flexibility index (Phi) is 3.94. The van der Waals surface area contributed by atoms with Crippen molar-refractivity contribution in [1.82, 2.24) is 4.90 Å². The van der Waals surface area contributed by atoms with Gasteiger partial charge in [-0.1, -0.05) is 24.3 Å². The van der Waals surface area contributed by atoms with Crippen LogP contribution in [0.25, 0.3) is 11.0 Å². The molecule has 28 heavy (non-hydrogen) atoms. The molecule has 1 saturated heterocycles. The molecule has 2 aromatic carbocycles. The molecule has 142 valence electrons. The molecular formula is C22H19NO5. The zero-order valence-corrected chi connectivity index (χ0v) is 15.1. The first-order valence-corrected chi connectivity index (χ1v) is 9.41. The van der Waals surface area contributed by atoms with E-state index in [1.807, 2.05) is 0 Å². The first-order chi connectivity index (χ1) is 13.6. The van der Waals surface area contributed by atoms with Crippen molar-refractivity contribution in [2.75, 3.05) is 13.2 Å². The smallest absolute Gasteiger partial charge is 0.291 e. The van der Waals surface area contributed by atoms with E-state index in [-0.39, 0.29) is 28.9 Å². The number of para-hydroxylation sites is 1. The summed E-state index contributed by atoms with van der Waals surface area (Å²) in [5, 5.41) is 10.1. The molecule has 2 aliphatic rings. The summed E-state index contributed by atoms with van der Waals surface area (Å²) in [7, 11) is 0. The number of amides is 1. The Balaban J connectivity index is 1.70. The lowest BCUT2D eigenvalue weighted by molar-refractivity contribution is 0.0486. The van der Waals surface area contributed by atoms with E-state index in [1.54, 1.807) is 53.4 Å². The SMILES string of the molecule is O=C1c2oc3ccccc3c(=O)c2[C@@H](c2ccc(O)cc2)N1C[C@H]1CCCO1. The number of nitrogens with zero attached hydrogens (tertiary/aromatic N) is 1. The van der Waals surface area contributed by atoms with E-state index in [1.165, 1.54) is 0 Å². The van der Waals surface area contributed by atoms with Crippen LogP contribution in [0.5, 0.6) is 5.75 Å². The van der Waals surface area contributed by atoms with E-state index < -0.39 is 6.04 Å². The highest BCUT2D eigenvalue weighted by atomic mass is 16.5. The fourth-order valence-electron chi connectivity index (χ4n) is 4.17. The van der Waals surface area contributed by atoms with Gasteiger partial charge in [0, 0.05) is 13.2 Å². The number of aromatic hydroxyl groups is 1. The number of hydrogen-bond donors (Lipinski definition) is 1. The summed E-state index contributed by atoms with van der Waals surface area (Å²) in [6, 6.07) is 13.0. The van der Waals surface area contributed by atoms with Crippen molar-refractivity contribution in [2.24, 2.45) is 0 Å². The van der Waals surface area contributed by atoms with Crippen LogP contribution >= 0.6 is 0 Å². The van der Waals surface area contributed by atoms with Gasteiger partial charge in [0.2, 0.25) is 5.76 Å². The highest BCUT2D eigenvalue weighted by Gasteiger charge is 2.43. The largest absolute Gasteiger partial charge is 0.508 e. The summed E-state index contributed by atoms with van der Waals surface area (Å²) in [4.78, 5) is 28.2. The van der Waals surface area contributed by atoms with E-state index in [4.69, 9.17) is 9.15 Å². The molecule has 5 rings (SSSR count). The van der Waals surface area contributed by atoms with E-state index in [9.17, 15) is 14.7 Å². The molecule has 0 unspecified atom stereocenters. The van der Waals surface area contributed by atoms with Crippen molar-refractivity contribution >= 4 is 16.9 Å². The normalized spacial score (nSPS) is 21.4. The van der Waals surface area contributed by atoms with Crippen molar-refractivity contribution in [2.45, 2.75) is 25.0 Å². The minimum Gasteiger partial charge on any atom is -0.508 e. The lowest BCUT2D eigenvalue weighted by atomic mass is 9.98. The van der Waals surface area contributed by atoms with Gasteiger partial charge in [-0.3, -0.25) is 9.59 Å². The number of fused-ring (bicyclic) bond motifs is 2. The monoisotopic (exact) mass is 377 g/mol. The zero-order valence-electron chi connectivity index (χ0n) is 15.1. The van der Waals surface area contributed by atoms with Gasteiger partial charge in [-0.05, 0) is 42.7 Å². The molecule has 1 fully saturated rings. The second-order valence-corrected chi connectivity index (χ2v) is 7.26. The maximum absolute atomic E-state index is 13.3. The molecule has 0 radical (unpaired) electrons. The zero-order chi connectivity index (χ0) is 19.3.